The molecule has 0 spiro atoms. The first-order valence-electron chi connectivity index (χ1n) is 11.2. The molecule has 188 valence electrons. The predicted molar refractivity (Wildman–Crippen MR) is 114 cm³/mol. The van der Waals surface area contributed by atoms with E-state index in [1.165, 1.54) is 9.80 Å². The maximum Gasteiger partial charge on any atom is 0.409 e. The molecule has 2 amide bonds. The van der Waals surface area contributed by atoms with Crippen LogP contribution in [0.5, 0.6) is 0 Å². The number of halogens is 3. The average Bonchev–Trinajstić information content (AvgIpc) is 3.32. The van der Waals surface area contributed by atoms with Crippen LogP contribution in [0.25, 0.3) is 0 Å². The van der Waals surface area contributed by atoms with Crippen LogP contribution in [-0.4, -0.2) is 94.6 Å². The van der Waals surface area contributed by atoms with E-state index < -0.39 is 61.2 Å². The van der Waals surface area contributed by atoms with Crippen molar-refractivity contribution in [3.63, 3.8) is 0 Å². The Labute approximate surface area is 195 Å². The van der Waals surface area contributed by atoms with Gasteiger partial charge in [-0.25, -0.2) is 26.4 Å². The highest BCUT2D eigenvalue weighted by Gasteiger charge is 2.42. The summed E-state index contributed by atoms with van der Waals surface area (Å²) in [6.07, 6.45) is 0.573. The molecule has 0 radical (unpaired) electrons. The Hall–Kier alpha value is -2.54. The topological polar surface area (TPSA) is 96.5 Å². The first kappa shape index (κ1) is 24.6. The van der Waals surface area contributed by atoms with Crippen molar-refractivity contribution in [1.29, 1.82) is 0 Å². The summed E-state index contributed by atoms with van der Waals surface area (Å²) < 4.78 is 81.3. The zero-order valence-corrected chi connectivity index (χ0v) is 19.5. The lowest BCUT2D eigenvalue weighted by Gasteiger charge is -2.36. The molecule has 0 saturated carbocycles. The van der Waals surface area contributed by atoms with Gasteiger partial charge in [0.1, 0.15) is 10.5 Å². The maximum absolute atomic E-state index is 15.7. The van der Waals surface area contributed by atoms with E-state index in [4.69, 9.17) is 9.47 Å². The molecule has 1 aromatic rings. The number of hydrogen-bond acceptors (Lipinski definition) is 7. The van der Waals surface area contributed by atoms with Crippen LogP contribution in [0.15, 0.2) is 4.90 Å². The Kier molecular flexibility index (Phi) is 6.94. The van der Waals surface area contributed by atoms with Gasteiger partial charge in [0.15, 0.2) is 27.3 Å². The van der Waals surface area contributed by atoms with E-state index in [1.807, 2.05) is 0 Å². The van der Waals surface area contributed by atoms with Crippen molar-refractivity contribution in [3.05, 3.63) is 23.0 Å². The first-order valence-corrected chi connectivity index (χ1v) is 12.8. The molecule has 3 aliphatic heterocycles. The third-order valence-electron chi connectivity index (χ3n) is 6.27. The number of anilines is 1. The molecular formula is C21H26F3N3O6S. The third-order valence-corrected chi connectivity index (χ3v) is 7.98. The molecule has 1 aromatic carbocycles. The van der Waals surface area contributed by atoms with Gasteiger partial charge >= 0.3 is 6.09 Å². The van der Waals surface area contributed by atoms with Crippen LogP contribution in [0.3, 0.4) is 0 Å². The van der Waals surface area contributed by atoms with Gasteiger partial charge in [0, 0.05) is 45.9 Å². The maximum atomic E-state index is 15.7. The summed E-state index contributed by atoms with van der Waals surface area (Å²) in [6.45, 7) is 2.33. The fraction of sp³-hybridized carbons (Fsp3) is 0.619. The summed E-state index contributed by atoms with van der Waals surface area (Å²) in [5.41, 5.74) is -1.77. The van der Waals surface area contributed by atoms with Crippen molar-refractivity contribution >= 4 is 27.5 Å². The number of carbonyl (C=O) groups excluding carboxylic acids is 2. The average molecular weight is 506 g/mol. The Balaban J connectivity index is 1.67. The number of nitrogens with zero attached hydrogens (tertiary/aromatic N) is 3. The second kappa shape index (κ2) is 9.61. The van der Waals surface area contributed by atoms with E-state index in [0.717, 1.165) is 11.3 Å². The Morgan fingerprint density at radius 3 is 2.32 bits per heavy atom. The van der Waals surface area contributed by atoms with Crippen molar-refractivity contribution in [2.24, 2.45) is 0 Å². The number of benzene rings is 1. The van der Waals surface area contributed by atoms with Gasteiger partial charge in [-0.2, -0.15) is 0 Å². The largest absolute Gasteiger partial charge is 0.450 e. The van der Waals surface area contributed by atoms with E-state index in [-0.39, 0.29) is 52.0 Å². The molecule has 1 atom stereocenters. The second-order valence-electron chi connectivity index (χ2n) is 8.37. The molecule has 3 aliphatic rings. The molecule has 0 N–H and O–H groups in total. The number of ether oxygens (including phenoxy) is 2. The van der Waals surface area contributed by atoms with E-state index in [0.29, 0.717) is 13.0 Å². The number of rotatable bonds is 4. The fourth-order valence-electron chi connectivity index (χ4n) is 4.51. The summed E-state index contributed by atoms with van der Waals surface area (Å²) in [5.74, 6) is -6.63. The molecular weight excluding hydrogens is 479 g/mol. The number of amides is 2. The molecule has 3 heterocycles. The summed E-state index contributed by atoms with van der Waals surface area (Å²) in [7, 11) is -4.29. The molecule has 2 saturated heterocycles. The second-order valence-corrected chi connectivity index (χ2v) is 10.4. The van der Waals surface area contributed by atoms with Crippen LogP contribution in [-0.2, 0) is 19.3 Å². The van der Waals surface area contributed by atoms with E-state index in [9.17, 15) is 22.4 Å². The van der Waals surface area contributed by atoms with Gasteiger partial charge in [0.05, 0.1) is 24.2 Å². The van der Waals surface area contributed by atoms with Crippen LogP contribution in [0.1, 0.15) is 30.1 Å². The Morgan fingerprint density at radius 2 is 1.71 bits per heavy atom. The van der Waals surface area contributed by atoms with Crippen molar-refractivity contribution in [2.75, 3.05) is 63.1 Å². The SMILES string of the molecule is CCOC(=O)N1CCN(C(=O)c2c(F)c(F)c3c(c2F)N(C[C@H]2CCCO2)CCS3(=O)=O)CC1. The minimum Gasteiger partial charge on any atom is -0.450 e. The van der Waals surface area contributed by atoms with Crippen LogP contribution in [0.2, 0.25) is 0 Å². The summed E-state index contributed by atoms with van der Waals surface area (Å²) in [4.78, 5) is 27.6. The fourth-order valence-corrected chi connectivity index (χ4v) is 6.05. The van der Waals surface area contributed by atoms with Crippen LogP contribution >= 0.6 is 0 Å². The van der Waals surface area contributed by atoms with Gasteiger partial charge in [-0.15, -0.1) is 0 Å². The van der Waals surface area contributed by atoms with Gasteiger partial charge in [0.25, 0.3) is 5.91 Å². The van der Waals surface area contributed by atoms with E-state index in [1.54, 1.807) is 6.92 Å². The van der Waals surface area contributed by atoms with Gasteiger partial charge < -0.3 is 24.2 Å². The van der Waals surface area contributed by atoms with Crippen molar-refractivity contribution in [1.82, 2.24) is 9.80 Å². The first-order chi connectivity index (χ1) is 16.2. The number of sulfone groups is 1. The zero-order valence-electron chi connectivity index (χ0n) is 18.7. The highest BCUT2D eigenvalue weighted by atomic mass is 32.2. The Bertz CT molecular complexity index is 1090. The standard InChI is InChI=1S/C21H26F3N3O6S/c1-2-32-21(29)26-7-5-25(6-8-26)20(28)14-15(22)17(24)19-18(16(14)23)27(9-11-34(19,30)31)12-13-4-3-10-33-13/h13H,2-12H2,1H3/t13-/m1/s1. The van der Waals surface area contributed by atoms with E-state index >= 15 is 8.78 Å². The third kappa shape index (κ3) is 4.42. The number of carbonyl (C=O) groups is 2. The van der Waals surface area contributed by atoms with E-state index in [2.05, 4.69) is 0 Å². The van der Waals surface area contributed by atoms with Crippen molar-refractivity contribution in [2.45, 2.75) is 30.8 Å². The highest BCUT2D eigenvalue weighted by molar-refractivity contribution is 7.91. The Morgan fingerprint density at radius 1 is 1.03 bits per heavy atom. The molecule has 0 aliphatic carbocycles. The lowest BCUT2D eigenvalue weighted by atomic mass is 10.1. The zero-order chi connectivity index (χ0) is 24.6. The van der Waals surface area contributed by atoms with Gasteiger partial charge in [-0.3, -0.25) is 4.79 Å². The molecule has 4 rings (SSSR count). The summed E-state index contributed by atoms with van der Waals surface area (Å²) >= 11 is 0. The normalized spacial score (nSPS) is 22.0. The van der Waals surface area contributed by atoms with Crippen LogP contribution in [0, 0.1) is 17.5 Å². The summed E-state index contributed by atoms with van der Waals surface area (Å²) in [5, 5.41) is 0. The van der Waals surface area contributed by atoms with Crippen LogP contribution < -0.4 is 4.90 Å². The lowest BCUT2D eigenvalue weighted by Crippen LogP contribution is -2.51. The monoisotopic (exact) mass is 505 g/mol. The van der Waals surface area contributed by atoms with Gasteiger partial charge in [-0.1, -0.05) is 0 Å². The molecule has 13 heteroatoms. The van der Waals surface area contributed by atoms with Crippen molar-refractivity contribution in [3.8, 4) is 0 Å². The van der Waals surface area contributed by atoms with Crippen molar-refractivity contribution < 1.29 is 40.7 Å². The minimum absolute atomic E-state index is 0.0485. The van der Waals surface area contributed by atoms with Crippen LogP contribution in [0.4, 0.5) is 23.7 Å². The molecule has 0 bridgehead atoms. The molecule has 0 aromatic heterocycles. The van der Waals surface area contributed by atoms with Gasteiger partial charge in [0.2, 0.25) is 0 Å². The number of fused-ring (bicyclic) bond motifs is 1. The molecule has 2 fully saturated rings. The minimum atomic E-state index is -4.29. The number of piperazine rings is 1. The smallest absolute Gasteiger partial charge is 0.409 e. The molecule has 34 heavy (non-hydrogen) atoms. The number of hydrogen-bond donors (Lipinski definition) is 0. The van der Waals surface area contributed by atoms with Gasteiger partial charge in [-0.05, 0) is 19.8 Å². The summed E-state index contributed by atoms with van der Waals surface area (Å²) in [6, 6.07) is 0. The highest BCUT2D eigenvalue weighted by Crippen LogP contribution is 2.39. The lowest BCUT2D eigenvalue weighted by molar-refractivity contribution is 0.0561. The molecule has 9 nitrogen and oxygen atoms in total. The molecule has 0 unspecified atom stereocenters. The predicted octanol–water partition coefficient (Wildman–Crippen LogP) is 1.79. The quantitative estimate of drug-likeness (QED) is 0.576.